The van der Waals surface area contributed by atoms with Crippen molar-refractivity contribution in [2.75, 3.05) is 13.1 Å². The van der Waals surface area contributed by atoms with Crippen LogP contribution in [0.5, 0.6) is 5.75 Å². The average molecular weight is 334 g/mol. The molecule has 3 N–H and O–H groups in total. The number of hydrogen-bond acceptors (Lipinski definition) is 3. The molecular weight excluding hydrogens is 318 g/mol. The van der Waals surface area contributed by atoms with Gasteiger partial charge in [-0.05, 0) is 30.3 Å². The number of hydrogen-bond donors (Lipinski definition) is 3. The zero-order valence-electron chi connectivity index (χ0n) is 12.7. The summed E-state index contributed by atoms with van der Waals surface area (Å²) >= 11 is 0. The molecule has 126 valence electrons. The topological polar surface area (TPSA) is 78.4 Å². The van der Waals surface area contributed by atoms with Crippen LogP contribution in [0.25, 0.3) is 0 Å². The molecular formula is C17H16F2N2O3. The summed E-state index contributed by atoms with van der Waals surface area (Å²) < 4.78 is 26.4. The summed E-state index contributed by atoms with van der Waals surface area (Å²) in [6.07, 6.45) is -0.295. The van der Waals surface area contributed by atoms with Gasteiger partial charge in [0.25, 0.3) is 5.91 Å². The molecule has 2 rings (SSSR count). The quantitative estimate of drug-likeness (QED) is 0.705. The van der Waals surface area contributed by atoms with Gasteiger partial charge < -0.3 is 15.7 Å². The zero-order chi connectivity index (χ0) is 17.5. The standard InChI is InChI=1S/C17H16F2N2O3/c18-12-5-6-14(19)11(9-12)10-16(23)20-7-8-21-17(24)13-3-1-2-4-15(13)22/h1-6,9,22H,7-8,10H2,(H,20,23)(H,21,24). The van der Waals surface area contributed by atoms with Gasteiger partial charge in [-0.25, -0.2) is 8.78 Å². The van der Waals surface area contributed by atoms with Gasteiger partial charge in [-0.15, -0.1) is 0 Å². The number of phenolic OH excluding ortho intramolecular Hbond substituents is 1. The minimum absolute atomic E-state index is 0.0363. The van der Waals surface area contributed by atoms with Crippen molar-refractivity contribution in [1.29, 1.82) is 0 Å². The van der Waals surface area contributed by atoms with Crippen molar-refractivity contribution >= 4 is 11.8 Å². The molecule has 24 heavy (non-hydrogen) atoms. The lowest BCUT2D eigenvalue weighted by atomic mass is 10.1. The molecule has 7 heteroatoms. The third-order valence-corrected chi connectivity index (χ3v) is 3.24. The van der Waals surface area contributed by atoms with Crippen molar-refractivity contribution in [2.45, 2.75) is 6.42 Å². The average Bonchev–Trinajstić information content (AvgIpc) is 2.55. The molecule has 0 heterocycles. The van der Waals surface area contributed by atoms with E-state index in [1.807, 2.05) is 0 Å². The number of amides is 2. The van der Waals surface area contributed by atoms with Crippen LogP contribution in [0.2, 0.25) is 0 Å². The van der Waals surface area contributed by atoms with Gasteiger partial charge in [-0.3, -0.25) is 9.59 Å². The molecule has 0 aromatic heterocycles. The number of carbonyl (C=O) groups excluding carboxylic acids is 2. The van der Waals surface area contributed by atoms with Crippen LogP contribution >= 0.6 is 0 Å². The van der Waals surface area contributed by atoms with Crippen LogP contribution in [0.3, 0.4) is 0 Å². The second kappa shape index (κ2) is 8.05. The van der Waals surface area contributed by atoms with Gasteiger partial charge in [-0.1, -0.05) is 12.1 Å². The summed E-state index contributed by atoms with van der Waals surface area (Å²) in [5.41, 5.74) is 0.0939. The first kappa shape index (κ1) is 17.4. The van der Waals surface area contributed by atoms with E-state index in [9.17, 15) is 23.5 Å². The van der Waals surface area contributed by atoms with E-state index in [-0.39, 0.29) is 36.4 Å². The van der Waals surface area contributed by atoms with Gasteiger partial charge >= 0.3 is 0 Å². The molecule has 5 nitrogen and oxygen atoms in total. The summed E-state index contributed by atoms with van der Waals surface area (Å²) in [6, 6.07) is 8.98. The van der Waals surface area contributed by atoms with Crippen LogP contribution in [0.4, 0.5) is 8.78 Å². The fourth-order valence-electron chi connectivity index (χ4n) is 2.05. The maximum Gasteiger partial charge on any atom is 0.255 e. The van der Waals surface area contributed by atoms with Crippen LogP contribution in [0.1, 0.15) is 15.9 Å². The molecule has 0 saturated heterocycles. The van der Waals surface area contributed by atoms with Gasteiger partial charge in [0.05, 0.1) is 12.0 Å². The summed E-state index contributed by atoms with van der Waals surface area (Å²) in [6.45, 7) is 0.250. The van der Waals surface area contributed by atoms with Crippen molar-refractivity contribution in [2.24, 2.45) is 0 Å². The summed E-state index contributed by atoms with van der Waals surface area (Å²) in [5, 5.41) is 14.6. The Morgan fingerprint density at radius 2 is 1.71 bits per heavy atom. The number of rotatable bonds is 6. The second-order valence-corrected chi connectivity index (χ2v) is 5.04. The Labute approximate surface area is 137 Å². The fourth-order valence-corrected chi connectivity index (χ4v) is 2.05. The number of aromatic hydroxyl groups is 1. The zero-order valence-corrected chi connectivity index (χ0v) is 12.7. The number of halogens is 2. The minimum atomic E-state index is -0.653. The van der Waals surface area contributed by atoms with E-state index < -0.39 is 23.4 Å². The Morgan fingerprint density at radius 3 is 2.46 bits per heavy atom. The van der Waals surface area contributed by atoms with Gasteiger partial charge in [0.15, 0.2) is 0 Å². The van der Waals surface area contributed by atoms with Crippen LogP contribution < -0.4 is 10.6 Å². The molecule has 2 aromatic rings. The predicted molar refractivity (Wildman–Crippen MR) is 83.5 cm³/mol. The highest BCUT2D eigenvalue weighted by atomic mass is 19.1. The van der Waals surface area contributed by atoms with E-state index in [2.05, 4.69) is 10.6 Å². The Kier molecular flexibility index (Phi) is 5.83. The lowest BCUT2D eigenvalue weighted by Crippen LogP contribution is -2.35. The number of benzene rings is 2. The van der Waals surface area contributed by atoms with E-state index in [4.69, 9.17) is 0 Å². The van der Waals surface area contributed by atoms with Gasteiger partial charge in [0.1, 0.15) is 17.4 Å². The highest BCUT2D eigenvalue weighted by Gasteiger charge is 2.11. The highest BCUT2D eigenvalue weighted by Crippen LogP contribution is 2.14. The first-order chi connectivity index (χ1) is 11.5. The van der Waals surface area contributed by atoms with Crippen molar-refractivity contribution < 1.29 is 23.5 Å². The third kappa shape index (κ3) is 4.77. The molecule has 0 aliphatic heterocycles. The van der Waals surface area contributed by atoms with Gasteiger partial charge in [-0.2, -0.15) is 0 Å². The largest absolute Gasteiger partial charge is 0.507 e. The summed E-state index contributed by atoms with van der Waals surface area (Å²) in [7, 11) is 0. The van der Waals surface area contributed by atoms with Crippen LogP contribution in [-0.4, -0.2) is 30.0 Å². The molecule has 2 amide bonds. The molecule has 0 saturated carbocycles. The SMILES string of the molecule is O=C(Cc1cc(F)ccc1F)NCCNC(=O)c1ccccc1O. The summed E-state index contributed by atoms with van der Waals surface area (Å²) in [5.74, 6) is -2.37. The van der Waals surface area contributed by atoms with E-state index in [0.29, 0.717) is 0 Å². The van der Waals surface area contributed by atoms with E-state index >= 15 is 0 Å². The number of carbonyl (C=O) groups is 2. The van der Waals surface area contributed by atoms with Crippen LogP contribution in [0.15, 0.2) is 42.5 Å². The molecule has 0 aliphatic rings. The van der Waals surface area contributed by atoms with E-state index in [1.54, 1.807) is 12.1 Å². The monoisotopic (exact) mass is 334 g/mol. The smallest absolute Gasteiger partial charge is 0.255 e. The van der Waals surface area contributed by atoms with Crippen LogP contribution in [0, 0.1) is 11.6 Å². The first-order valence-corrected chi connectivity index (χ1v) is 7.24. The molecule has 0 spiro atoms. The summed E-state index contributed by atoms with van der Waals surface area (Å²) in [4.78, 5) is 23.5. The number of para-hydroxylation sites is 1. The maximum atomic E-state index is 13.4. The molecule has 0 fully saturated rings. The third-order valence-electron chi connectivity index (χ3n) is 3.24. The van der Waals surface area contributed by atoms with Crippen molar-refractivity contribution in [3.63, 3.8) is 0 Å². The molecule has 0 bridgehead atoms. The van der Waals surface area contributed by atoms with E-state index in [0.717, 1.165) is 18.2 Å². The molecule has 0 radical (unpaired) electrons. The number of phenols is 1. The Hall–Kier alpha value is -2.96. The fraction of sp³-hybridized carbons (Fsp3) is 0.176. The van der Waals surface area contributed by atoms with Crippen molar-refractivity contribution in [3.8, 4) is 5.75 Å². The Morgan fingerprint density at radius 1 is 1.00 bits per heavy atom. The highest BCUT2D eigenvalue weighted by molar-refractivity contribution is 5.96. The maximum absolute atomic E-state index is 13.4. The lowest BCUT2D eigenvalue weighted by molar-refractivity contribution is -0.120. The van der Waals surface area contributed by atoms with Gasteiger partial charge in [0, 0.05) is 18.7 Å². The van der Waals surface area contributed by atoms with E-state index in [1.165, 1.54) is 12.1 Å². The molecule has 0 atom stereocenters. The molecule has 0 aliphatic carbocycles. The Bertz CT molecular complexity index is 750. The predicted octanol–water partition coefficient (Wildman–Crippen LogP) is 1.76. The second-order valence-electron chi connectivity index (χ2n) is 5.04. The molecule has 2 aromatic carbocycles. The van der Waals surface area contributed by atoms with Gasteiger partial charge in [0.2, 0.25) is 5.91 Å². The van der Waals surface area contributed by atoms with Crippen molar-refractivity contribution in [3.05, 3.63) is 65.2 Å². The molecule has 0 unspecified atom stereocenters. The Balaban J connectivity index is 1.76. The van der Waals surface area contributed by atoms with Crippen LogP contribution in [-0.2, 0) is 11.2 Å². The lowest BCUT2D eigenvalue weighted by Gasteiger charge is -2.08. The first-order valence-electron chi connectivity index (χ1n) is 7.24. The minimum Gasteiger partial charge on any atom is -0.507 e. The normalized spacial score (nSPS) is 10.2. The number of nitrogens with one attached hydrogen (secondary N) is 2. The van der Waals surface area contributed by atoms with Crippen molar-refractivity contribution in [1.82, 2.24) is 10.6 Å².